The number of halogens is 1. The fourth-order valence-electron chi connectivity index (χ4n) is 1.47. The Kier molecular flexibility index (Phi) is 4.57. The van der Waals surface area contributed by atoms with Gasteiger partial charge in [0.15, 0.2) is 0 Å². The summed E-state index contributed by atoms with van der Waals surface area (Å²) in [5.74, 6) is 0.173. The summed E-state index contributed by atoms with van der Waals surface area (Å²) in [5.41, 5.74) is -0.0281. The van der Waals surface area contributed by atoms with Crippen molar-refractivity contribution in [2.75, 3.05) is 0 Å². The smallest absolute Gasteiger partial charge is 0.292 e. The Morgan fingerprint density at radius 3 is 2.76 bits per heavy atom. The minimum Gasteiger partial charge on any atom is -0.299 e. The summed E-state index contributed by atoms with van der Waals surface area (Å²) in [6.07, 6.45) is 1.68. The first-order valence-electron chi connectivity index (χ1n) is 5.20. The zero-order valence-electron chi connectivity index (χ0n) is 9.64. The van der Waals surface area contributed by atoms with Crippen molar-refractivity contribution < 1.29 is 9.72 Å². The Morgan fingerprint density at radius 1 is 1.59 bits per heavy atom. The maximum Gasteiger partial charge on any atom is 0.292 e. The first-order chi connectivity index (χ1) is 7.90. The lowest BCUT2D eigenvalue weighted by Gasteiger charge is -2.04. The number of hydrogen-bond acceptors (Lipinski definition) is 4. The number of nitrogens with zero attached hydrogens (tertiary/aromatic N) is 2. The molecular formula is C11H13ClN2O3. The van der Waals surface area contributed by atoms with Crippen LogP contribution in [-0.4, -0.2) is 15.7 Å². The number of hydrogen-bond donors (Lipinski definition) is 0. The average molecular weight is 257 g/mol. The Bertz CT molecular complexity index is 446. The number of Topliss-reactive ketones (excluding diaryl/α,β-unsaturated/α-hetero) is 1. The molecule has 0 unspecified atom stereocenters. The molecule has 0 aliphatic carbocycles. The van der Waals surface area contributed by atoms with E-state index in [1.165, 1.54) is 12.3 Å². The van der Waals surface area contributed by atoms with Gasteiger partial charge in [0, 0.05) is 18.7 Å². The molecule has 92 valence electrons. The van der Waals surface area contributed by atoms with Gasteiger partial charge < -0.3 is 0 Å². The Morgan fingerprint density at radius 2 is 2.24 bits per heavy atom. The second-order valence-corrected chi connectivity index (χ2v) is 4.63. The third-order valence-electron chi connectivity index (χ3n) is 2.11. The minimum atomic E-state index is -0.573. The van der Waals surface area contributed by atoms with Crippen LogP contribution in [0.15, 0.2) is 12.3 Å². The zero-order valence-corrected chi connectivity index (χ0v) is 10.4. The molecule has 0 N–H and O–H groups in total. The molecule has 0 spiro atoms. The predicted molar refractivity (Wildman–Crippen MR) is 64.1 cm³/mol. The van der Waals surface area contributed by atoms with Crippen LogP contribution in [0.2, 0.25) is 5.02 Å². The Hall–Kier alpha value is -1.49. The van der Waals surface area contributed by atoms with E-state index in [0.29, 0.717) is 6.42 Å². The largest absolute Gasteiger partial charge is 0.299 e. The lowest BCUT2D eigenvalue weighted by molar-refractivity contribution is -0.385. The van der Waals surface area contributed by atoms with Gasteiger partial charge in [-0.15, -0.1) is 0 Å². The van der Waals surface area contributed by atoms with Gasteiger partial charge in [-0.1, -0.05) is 25.4 Å². The highest BCUT2D eigenvalue weighted by Gasteiger charge is 2.18. The third-order valence-corrected chi connectivity index (χ3v) is 2.32. The van der Waals surface area contributed by atoms with Gasteiger partial charge in [-0.25, -0.2) is 0 Å². The SMILES string of the molecule is CC(C)CC(=O)Cc1ncc(Cl)cc1[N+](=O)[O-]. The number of ketones is 1. The van der Waals surface area contributed by atoms with Gasteiger partial charge in [0.25, 0.3) is 5.69 Å². The van der Waals surface area contributed by atoms with Gasteiger partial charge >= 0.3 is 0 Å². The van der Waals surface area contributed by atoms with Gasteiger partial charge in [-0.05, 0) is 5.92 Å². The van der Waals surface area contributed by atoms with Crippen molar-refractivity contribution in [1.82, 2.24) is 4.98 Å². The molecule has 6 heteroatoms. The topological polar surface area (TPSA) is 73.1 Å². The highest BCUT2D eigenvalue weighted by atomic mass is 35.5. The molecule has 5 nitrogen and oxygen atoms in total. The maximum absolute atomic E-state index is 11.6. The number of carbonyl (C=O) groups excluding carboxylic acids is 1. The molecule has 0 bridgehead atoms. The highest BCUT2D eigenvalue weighted by Crippen LogP contribution is 2.21. The van der Waals surface area contributed by atoms with Crippen LogP contribution in [0.5, 0.6) is 0 Å². The van der Waals surface area contributed by atoms with Gasteiger partial charge in [-0.2, -0.15) is 0 Å². The van der Waals surface area contributed by atoms with E-state index in [1.54, 1.807) is 0 Å². The van der Waals surface area contributed by atoms with Crippen LogP contribution in [-0.2, 0) is 11.2 Å². The van der Waals surface area contributed by atoms with Gasteiger partial charge in [0.05, 0.1) is 16.4 Å². The monoisotopic (exact) mass is 256 g/mol. The molecule has 0 radical (unpaired) electrons. The lowest BCUT2D eigenvalue weighted by atomic mass is 10.0. The van der Waals surface area contributed by atoms with Crippen LogP contribution in [0.4, 0.5) is 5.69 Å². The molecule has 1 aromatic heterocycles. The van der Waals surface area contributed by atoms with Crippen LogP contribution < -0.4 is 0 Å². The number of carbonyl (C=O) groups is 1. The molecule has 0 atom stereocenters. The highest BCUT2D eigenvalue weighted by molar-refractivity contribution is 6.30. The normalized spacial score (nSPS) is 10.6. The lowest BCUT2D eigenvalue weighted by Crippen LogP contribution is -2.09. The molecule has 17 heavy (non-hydrogen) atoms. The first-order valence-corrected chi connectivity index (χ1v) is 5.58. The zero-order chi connectivity index (χ0) is 13.0. The molecule has 0 aromatic carbocycles. The van der Waals surface area contributed by atoms with Crippen LogP contribution in [0.3, 0.4) is 0 Å². The Balaban J connectivity index is 2.91. The molecule has 1 rings (SSSR count). The molecule has 0 aliphatic rings. The number of aromatic nitrogens is 1. The van der Waals surface area contributed by atoms with Crippen molar-refractivity contribution >= 4 is 23.1 Å². The van der Waals surface area contributed by atoms with E-state index in [1.807, 2.05) is 13.8 Å². The van der Waals surface area contributed by atoms with Gasteiger partial charge in [0.1, 0.15) is 11.5 Å². The second kappa shape index (κ2) is 5.72. The summed E-state index contributed by atoms with van der Waals surface area (Å²) in [5, 5.41) is 11.0. The molecule has 0 amide bonds. The van der Waals surface area contributed by atoms with E-state index < -0.39 is 4.92 Å². The van der Waals surface area contributed by atoms with E-state index in [2.05, 4.69) is 4.98 Å². The summed E-state index contributed by atoms with van der Waals surface area (Å²) in [4.78, 5) is 25.6. The average Bonchev–Trinajstić information content (AvgIpc) is 2.19. The molecule has 0 saturated carbocycles. The standard InChI is InChI=1S/C11H13ClN2O3/c1-7(2)3-9(15)5-10-11(14(16)17)4-8(12)6-13-10/h4,6-7H,3,5H2,1-2H3. The van der Waals surface area contributed by atoms with E-state index in [0.717, 1.165) is 0 Å². The summed E-state index contributed by atoms with van der Waals surface area (Å²) in [6.45, 7) is 3.84. The van der Waals surface area contributed by atoms with Gasteiger partial charge in [0.2, 0.25) is 0 Å². The fraction of sp³-hybridized carbons (Fsp3) is 0.455. The summed E-state index contributed by atoms with van der Waals surface area (Å²) < 4.78 is 0. The second-order valence-electron chi connectivity index (χ2n) is 4.19. The maximum atomic E-state index is 11.6. The van der Waals surface area contributed by atoms with Crippen molar-refractivity contribution in [1.29, 1.82) is 0 Å². The van der Waals surface area contributed by atoms with Crippen molar-refractivity contribution in [3.8, 4) is 0 Å². The molecule has 1 heterocycles. The van der Waals surface area contributed by atoms with Crippen LogP contribution >= 0.6 is 11.6 Å². The van der Waals surface area contributed by atoms with Crippen molar-refractivity contribution in [2.24, 2.45) is 5.92 Å². The minimum absolute atomic E-state index is 0.0222. The van der Waals surface area contributed by atoms with Crippen molar-refractivity contribution in [2.45, 2.75) is 26.7 Å². The van der Waals surface area contributed by atoms with Crippen molar-refractivity contribution in [3.63, 3.8) is 0 Å². The quantitative estimate of drug-likeness (QED) is 0.600. The van der Waals surface area contributed by atoms with Crippen LogP contribution in [0.1, 0.15) is 26.0 Å². The van der Waals surface area contributed by atoms with Crippen LogP contribution in [0, 0.1) is 16.0 Å². The van der Waals surface area contributed by atoms with E-state index in [-0.39, 0.29) is 34.5 Å². The summed E-state index contributed by atoms with van der Waals surface area (Å²) in [7, 11) is 0. The van der Waals surface area contributed by atoms with E-state index in [9.17, 15) is 14.9 Å². The number of pyridine rings is 1. The predicted octanol–water partition coefficient (Wildman–Crippen LogP) is 2.80. The summed E-state index contributed by atoms with van der Waals surface area (Å²) >= 11 is 5.63. The Labute approximate surface area is 104 Å². The number of rotatable bonds is 5. The molecule has 1 aromatic rings. The molecular weight excluding hydrogens is 244 g/mol. The third kappa shape index (κ3) is 4.11. The fourth-order valence-corrected chi connectivity index (χ4v) is 1.62. The van der Waals surface area contributed by atoms with Gasteiger partial charge in [-0.3, -0.25) is 19.9 Å². The summed E-state index contributed by atoms with van der Waals surface area (Å²) in [6, 6.07) is 1.21. The molecule has 0 fully saturated rings. The first kappa shape index (κ1) is 13.6. The van der Waals surface area contributed by atoms with E-state index in [4.69, 9.17) is 11.6 Å². The molecule has 0 saturated heterocycles. The molecule has 0 aliphatic heterocycles. The van der Waals surface area contributed by atoms with Crippen molar-refractivity contribution in [3.05, 3.63) is 33.1 Å². The van der Waals surface area contributed by atoms with E-state index >= 15 is 0 Å². The van der Waals surface area contributed by atoms with Crippen LogP contribution in [0.25, 0.3) is 0 Å². The number of nitro groups is 1.